The molecule has 0 saturated carbocycles. The molecule has 1 aliphatic heterocycles. The zero-order chi connectivity index (χ0) is 14.1. The van der Waals surface area contributed by atoms with E-state index >= 15 is 0 Å². The molecule has 0 unspecified atom stereocenters. The monoisotopic (exact) mass is 290 g/mol. The molecule has 0 atom stereocenters. The van der Waals surface area contributed by atoms with E-state index in [0.29, 0.717) is 11.6 Å². The first-order valence-corrected chi connectivity index (χ1v) is 6.60. The molecule has 0 saturated heterocycles. The fraction of sp³-hybridized carbons (Fsp3) is 0.133. The van der Waals surface area contributed by atoms with Crippen LogP contribution in [0.25, 0.3) is 0 Å². The van der Waals surface area contributed by atoms with Crippen LogP contribution in [0.15, 0.2) is 42.5 Å². The number of halogens is 2. The molecule has 0 bridgehead atoms. The van der Waals surface area contributed by atoms with E-state index in [-0.39, 0.29) is 18.3 Å². The summed E-state index contributed by atoms with van der Waals surface area (Å²) < 4.78 is 13.1. The number of carbonyl (C=O) groups is 1. The second kappa shape index (κ2) is 5.13. The minimum Gasteiger partial charge on any atom is -0.374 e. The summed E-state index contributed by atoms with van der Waals surface area (Å²) in [4.78, 5) is 13.7. The molecular formula is C15H12ClFN2O. The Labute approximate surface area is 121 Å². The van der Waals surface area contributed by atoms with Crippen molar-refractivity contribution in [1.82, 2.24) is 0 Å². The van der Waals surface area contributed by atoms with Crippen molar-refractivity contribution in [3.05, 3.63) is 58.9 Å². The van der Waals surface area contributed by atoms with Crippen LogP contribution in [0.5, 0.6) is 0 Å². The number of nitrogens with zero attached hydrogens (tertiary/aromatic N) is 1. The van der Waals surface area contributed by atoms with Gasteiger partial charge in [-0.15, -0.1) is 0 Å². The molecule has 20 heavy (non-hydrogen) atoms. The summed E-state index contributed by atoms with van der Waals surface area (Å²) >= 11 is 6.03. The molecule has 3 rings (SSSR count). The summed E-state index contributed by atoms with van der Waals surface area (Å²) in [7, 11) is 0. The molecule has 0 fully saturated rings. The zero-order valence-electron chi connectivity index (χ0n) is 10.6. The molecule has 1 amide bonds. The van der Waals surface area contributed by atoms with Gasteiger partial charge in [-0.3, -0.25) is 4.79 Å². The average Bonchev–Trinajstić information content (AvgIpc) is 2.44. The molecule has 2 aromatic rings. The highest BCUT2D eigenvalue weighted by molar-refractivity contribution is 6.31. The van der Waals surface area contributed by atoms with Crippen molar-refractivity contribution in [1.29, 1.82) is 0 Å². The maximum atomic E-state index is 13.1. The fourth-order valence-electron chi connectivity index (χ4n) is 2.25. The van der Waals surface area contributed by atoms with Crippen molar-refractivity contribution in [3.8, 4) is 0 Å². The lowest BCUT2D eigenvalue weighted by molar-refractivity contribution is -0.117. The average molecular weight is 291 g/mol. The number of nitrogens with one attached hydrogen (secondary N) is 1. The smallest absolute Gasteiger partial charge is 0.246 e. The van der Waals surface area contributed by atoms with Crippen LogP contribution in [0.3, 0.4) is 0 Å². The van der Waals surface area contributed by atoms with Gasteiger partial charge in [-0.2, -0.15) is 0 Å². The highest BCUT2D eigenvalue weighted by Crippen LogP contribution is 2.31. The number of benzene rings is 2. The van der Waals surface area contributed by atoms with Gasteiger partial charge in [0.15, 0.2) is 0 Å². The van der Waals surface area contributed by atoms with Crippen molar-refractivity contribution in [2.75, 3.05) is 16.8 Å². The first-order chi connectivity index (χ1) is 9.65. The lowest BCUT2D eigenvalue weighted by atomic mass is 10.1. The molecule has 2 aromatic carbocycles. The Balaban J connectivity index is 1.95. The van der Waals surface area contributed by atoms with Crippen molar-refractivity contribution < 1.29 is 9.18 Å². The predicted octanol–water partition coefficient (Wildman–Crippen LogP) is 3.44. The Morgan fingerprint density at radius 1 is 1.25 bits per heavy atom. The van der Waals surface area contributed by atoms with Crippen molar-refractivity contribution in [2.45, 2.75) is 6.54 Å². The minimum absolute atomic E-state index is 0.0379. The van der Waals surface area contributed by atoms with Gasteiger partial charge in [0, 0.05) is 5.02 Å². The maximum absolute atomic E-state index is 13.1. The number of hydrogen-bond acceptors (Lipinski definition) is 2. The van der Waals surface area contributed by atoms with E-state index in [9.17, 15) is 9.18 Å². The third kappa shape index (κ3) is 2.34. The van der Waals surface area contributed by atoms with Gasteiger partial charge in [0.05, 0.1) is 24.5 Å². The van der Waals surface area contributed by atoms with Crippen molar-refractivity contribution in [3.63, 3.8) is 0 Å². The Kier molecular flexibility index (Phi) is 3.32. The van der Waals surface area contributed by atoms with E-state index in [2.05, 4.69) is 5.32 Å². The first kappa shape index (κ1) is 12.9. The van der Waals surface area contributed by atoms with Crippen LogP contribution in [0, 0.1) is 5.82 Å². The van der Waals surface area contributed by atoms with Crippen LogP contribution >= 0.6 is 11.6 Å². The normalized spacial score (nSPS) is 13.9. The summed E-state index contributed by atoms with van der Waals surface area (Å²) in [6.07, 6.45) is 0. The molecule has 1 heterocycles. The van der Waals surface area contributed by atoms with Gasteiger partial charge in [-0.25, -0.2) is 4.39 Å². The third-order valence-electron chi connectivity index (χ3n) is 3.27. The molecule has 0 spiro atoms. The minimum atomic E-state index is -0.384. The van der Waals surface area contributed by atoms with Gasteiger partial charge in [0.25, 0.3) is 0 Å². The van der Waals surface area contributed by atoms with E-state index in [1.54, 1.807) is 11.0 Å². The zero-order valence-corrected chi connectivity index (χ0v) is 11.3. The van der Waals surface area contributed by atoms with Gasteiger partial charge < -0.3 is 10.2 Å². The van der Waals surface area contributed by atoms with Crippen molar-refractivity contribution in [2.24, 2.45) is 0 Å². The largest absolute Gasteiger partial charge is 0.374 e. The van der Waals surface area contributed by atoms with Crippen LogP contribution in [0.1, 0.15) is 5.56 Å². The predicted molar refractivity (Wildman–Crippen MR) is 77.5 cm³/mol. The number of carbonyl (C=O) groups excluding carboxylic acids is 1. The summed E-state index contributed by atoms with van der Waals surface area (Å²) in [6, 6.07) is 11.8. The standard InChI is InChI=1S/C15H12ClFN2O/c16-12-7-11(17)6-5-10(12)9-19-14-4-2-1-3-13(14)18-8-15(19)20/h1-7,18H,8-9H2. The lowest BCUT2D eigenvalue weighted by Crippen LogP contribution is -2.39. The summed E-state index contributed by atoms with van der Waals surface area (Å²) in [6.45, 7) is 0.576. The molecule has 5 heteroatoms. The third-order valence-corrected chi connectivity index (χ3v) is 3.62. The van der Waals surface area contributed by atoms with Crippen LogP contribution in [0.4, 0.5) is 15.8 Å². The Morgan fingerprint density at radius 2 is 2.05 bits per heavy atom. The van der Waals surface area contributed by atoms with E-state index in [1.807, 2.05) is 24.3 Å². The number of para-hydroxylation sites is 2. The molecule has 0 aromatic heterocycles. The number of rotatable bonds is 2. The molecular weight excluding hydrogens is 279 g/mol. The number of fused-ring (bicyclic) bond motifs is 1. The molecule has 3 nitrogen and oxygen atoms in total. The summed E-state index contributed by atoms with van der Waals surface area (Å²) in [5, 5.41) is 3.40. The molecule has 1 aliphatic rings. The first-order valence-electron chi connectivity index (χ1n) is 6.22. The van der Waals surface area contributed by atoms with E-state index in [0.717, 1.165) is 16.9 Å². The summed E-state index contributed by atoms with van der Waals surface area (Å²) in [5.41, 5.74) is 2.44. The molecule has 1 N–H and O–H groups in total. The van der Waals surface area contributed by atoms with E-state index in [1.165, 1.54) is 12.1 Å². The Bertz CT molecular complexity index is 675. The number of amides is 1. The quantitative estimate of drug-likeness (QED) is 0.919. The van der Waals surface area contributed by atoms with Crippen molar-refractivity contribution >= 4 is 28.9 Å². The highest BCUT2D eigenvalue weighted by atomic mass is 35.5. The topological polar surface area (TPSA) is 32.3 Å². The van der Waals surface area contributed by atoms with Gasteiger partial charge in [0.1, 0.15) is 5.82 Å². The number of hydrogen-bond donors (Lipinski definition) is 1. The molecule has 0 aliphatic carbocycles. The Hall–Kier alpha value is -2.07. The van der Waals surface area contributed by atoms with Gasteiger partial charge in [0.2, 0.25) is 5.91 Å². The molecule has 102 valence electrons. The Morgan fingerprint density at radius 3 is 2.85 bits per heavy atom. The second-order valence-electron chi connectivity index (χ2n) is 4.59. The highest BCUT2D eigenvalue weighted by Gasteiger charge is 2.24. The van der Waals surface area contributed by atoms with Gasteiger partial charge in [-0.05, 0) is 29.8 Å². The van der Waals surface area contributed by atoms with Crippen LogP contribution < -0.4 is 10.2 Å². The molecule has 0 radical (unpaired) electrons. The van der Waals surface area contributed by atoms with E-state index < -0.39 is 0 Å². The lowest BCUT2D eigenvalue weighted by Gasteiger charge is -2.30. The van der Waals surface area contributed by atoms with Crippen LogP contribution in [-0.2, 0) is 11.3 Å². The SMILES string of the molecule is O=C1CNc2ccccc2N1Cc1ccc(F)cc1Cl. The van der Waals surface area contributed by atoms with Crippen LogP contribution in [-0.4, -0.2) is 12.5 Å². The van der Waals surface area contributed by atoms with Gasteiger partial charge in [-0.1, -0.05) is 29.8 Å². The van der Waals surface area contributed by atoms with Crippen LogP contribution in [0.2, 0.25) is 5.02 Å². The number of anilines is 2. The van der Waals surface area contributed by atoms with E-state index in [4.69, 9.17) is 11.6 Å². The summed E-state index contributed by atoms with van der Waals surface area (Å²) in [5.74, 6) is -0.421. The fourth-order valence-corrected chi connectivity index (χ4v) is 2.48. The maximum Gasteiger partial charge on any atom is 0.246 e. The van der Waals surface area contributed by atoms with Gasteiger partial charge >= 0.3 is 0 Å². The second-order valence-corrected chi connectivity index (χ2v) is 4.99.